The molecule has 2 atom stereocenters. The normalized spacial score (nSPS) is 19.1. The first-order chi connectivity index (χ1) is 12.5. The Kier molecular flexibility index (Phi) is 4.22. The van der Waals surface area contributed by atoms with Crippen molar-refractivity contribution in [1.29, 1.82) is 0 Å². The predicted molar refractivity (Wildman–Crippen MR) is 95.5 cm³/mol. The Morgan fingerprint density at radius 3 is 2.81 bits per heavy atom. The van der Waals surface area contributed by atoms with Crippen LogP contribution in [0.5, 0.6) is 5.75 Å². The summed E-state index contributed by atoms with van der Waals surface area (Å²) >= 11 is 3.19. The average Bonchev–Trinajstić information content (AvgIpc) is 3.12. The number of halogens is 4. The summed E-state index contributed by atoms with van der Waals surface area (Å²) in [6, 6.07) is 8.98. The first-order valence-corrected chi connectivity index (χ1v) is 8.65. The lowest BCUT2D eigenvalue weighted by Crippen LogP contribution is -2.10. The van der Waals surface area contributed by atoms with Gasteiger partial charge in [-0.15, -0.1) is 0 Å². The number of hydrogen-bond donors (Lipinski definition) is 0. The van der Waals surface area contributed by atoms with Gasteiger partial charge in [-0.25, -0.2) is 9.37 Å². The highest BCUT2D eigenvalue weighted by Gasteiger charge is 2.36. The van der Waals surface area contributed by atoms with Gasteiger partial charge in [-0.3, -0.25) is 4.99 Å². The second-order valence-corrected chi connectivity index (χ2v) is 6.82. The molecule has 1 aliphatic rings. The van der Waals surface area contributed by atoms with E-state index in [1.165, 1.54) is 12.1 Å². The van der Waals surface area contributed by atoms with Gasteiger partial charge in [0, 0.05) is 18.1 Å². The fourth-order valence-electron chi connectivity index (χ4n) is 3.48. The third kappa shape index (κ3) is 2.68. The fraction of sp³-hybridized carbons (Fsp3) is 0.222. The molecule has 1 aromatic heterocycles. The second-order valence-electron chi connectivity index (χ2n) is 5.96. The van der Waals surface area contributed by atoms with Crippen LogP contribution in [0.25, 0.3) is 11.0 Å². The third-order valence-corrected chi connectivity index (χ3v) is 5.14. The maximum absolute atomic E-state index is 13.9. The number of alkyl halides is 2. The van der Waals surface area contributed by atoms with Crippen molar-refractivity contribution >= 4 is 33.7 Å². The first-order valence-electron chi connectivity index (χ1n) is 7.86. The summed E-state index contributed by atoms with van der Waals surface area (Å²) in [7, 11) is 0. The van der Waals surface area contributed by atoms with Gasteiger partial charge < -0.3 is 9.30 Å². The Hall–Kier alpha value is -2.35. The van der Waals surface area contributed by atoms with Crippen LogP contribution >= 0.6 is 15.9 Å². The maximum atomic E-state index is 13.9. The predicted octanol–water partition coefficient (Wildman–Crippen LogP) is 5.27. The average molecular weight is 424 g/mol. The summed E-state index contributed by atoms with van der Waals surface area (Å²) < 4.78 is 46.4. The Balaban J connectivity index is 1.92. The Morgan fingerprint density at radius 1 is 1.31 bits per heavy atom. The summed E-state index contributed by atoms with van der Waals surface area (Å²) in [4.78, 5) is 8.60. The molecule has 0 bridgehead atoms. The molecule has 0 saturated heterocycles. The summed E-state index contributed by atoms with van der Waals surface area (Å²) in [6.45, 7) is 0.685. The molecule has 4 rings (SSSR count). The summed E-state index contributed by atoms with van der Waals surface area (Å²) in [6.07, 6.45) is 0.514. The lowest BCUT2D eigenvalue weighted by Gasteiger charge is -2.18. The number of aliphatic imine (C=N–C) groups is 1. The molecule has 26 heavy (non-hydrogen) atoms. The topological polar surface area (TPSA) is 39.4 Å². The monoisotopic (exact) mass is 423 g/mol. The third-order valence-electron chi connectivity index (χ3n) is 4.53. The minimum absolute atomic E-state index is 0.103. The highest BCUT2D eigenvalue weighted by atomic mass is 79.9. The van der Waals surface area contributed by atoms with Crippen molar-refractivity contribution in [1.82, 2.24) is 9.55 Å². The van der Waals surface area contributed by atoms with Crippen LogP contribution in [0.2, 0.25) is 0 Å². The minimum atomic E-state index is -2.92. The summed E-state index contributed by atoms with van der Waals surface area (Å²) in [5.74, 6) is 0.311. The molecule has 2 heterocycles. The van der Waals surface area contributed by atoms with E-state index in [9.17, 15) is 13.2 Å². The molecule has 3 aromatic rings. The van der Waals surface area contributed by atoms with Gasteiger partial charge in [-0.2, -0.15) is 8.78 Å². The number of ether oxygens (including phenoxy) is 1. The van der Waals surface area contributed by atoms with Gasteiger partial charge in [0.2, 0.25) is 0 Å². The summed E-state index contributed by atoms with van der Waals surface area (Å²) in [5.41, 5.74) is 1.77. The van der Waals surface area contributed by atoms with E-state index in [0.717, 1.165) is 0 Å². The van der Waals surface area contributed by atoms with Crippen LogP contribution in [0, 0.1) is 5.82 Å². The molecule has 8 heteroatoms. The van der Waals surface area contributed by atoms with E-state index in [4.69, 9.17) is 4.74 Å². The van der Waals surface area contributed by atoms with Gasteiger partial charge in [0.25, 0.3) is 0 Å². The number of para-hydroxylation sites is 1. The zero-order valence-electron chi connectivity index (χ0n) is 13.4. The van der Waals surface area contributed by atoms with Crippen molar-refractivity contribution < 1.29 is 17.9 Å². The molecule has 0 radical (unpaired) electrons. The molecule has 0 N–H and O–H groups in total. The minimum Gasteiger partial charge on any atom is -0.434 e. The molecule has 1 aliphatic heterocycles. The SMILES string of the molecule is C=N[C@@H]1C[C@H](c2ccccc2OC(F)F)n2c1nc1cc(F)c(Br)cc12. The molecular weight excluding hydrogens is 411 g/mol. The molecule has 134 valence electrons. The molecule has 2 aromatic carbocycles. The number of aromatic nitrogens is 2. The smallest absolute Gasteiger partial charge is 0.387 e. The van der Waals surface area contributed by atoms with Crippen molar-refractivity contribution in [2.24, 2.45) is 4.99 Å². The van der Waals surface area contributed by atoms with E-state index in [2.05, 4.69) is 32.6 Å². The molecule has 0 aliphatic carbocycles. The number of imidazole rings is 1. The van der Waals surface area contributed by atoms with Crippen LogP contribution in [0.1, 0.15) is 29.9 Å². The largest absolute Gasteiger partial charge is 0.434 e. The molecule has 0 unspecified atom stereocenters. The standard InChI is InChI=1S/C18H13BrF3N3O/c1-23-13-8-14(9-4-2-3-5-16(9)26-18(21)22)25-15-6-10(19)11(20)7-12(15)24-17(13)25/h2-7,13-14,18H,1,8H2/t13-,14-/m1/s1. The van der Waals surface area contributed by atoms with E-state index in [-0.39, 0.29) is 17.8 Å². The van der Waals surface area contributed by atoms with Crippen LogP contribution in [-0.2, 0) is 0 Å². The van der Waals surface area contributed by atoms with Crippen LogP contribution < -0.4 is 4.74 Å². The second kappa shape index (κ2) is 6.42. The van der Waals surface area contributed by atoms with Gasteiger partial charge in [0.1, 0.15) is 23.4 Å². The van der Waals surface area contributed by atoms with E-state index < -0.39 is 12.4 Å². The van der Waals surface area contributed by atoms with E-state index in [1.807, 2.05) is 4.57 Å². The Bertz CT molecular complexity index is 1000. The van der Waals surface area contributed by atoms with E-state index >= 15 is 0 Å². The van der Waals surface area contributed by atoms with E-state index in [0.29, 0.717) is 33.3 Å². The number of rotatable bonds is 4. The Labute approximate surface area is 155 Å². The van der Waals surface area contributed by atoms with Gasteiger partial charge in [-0.1, -0.05) is 18.2 Å². The zero-order chi connectivity index (χ0) is 18.4. The van der Waals surface area contributed by atoms with Crippen LogP contribution in [0.3, 0.4) is 0 Å². The van der Waals surface area contributed by atoms with Gasteiger partial charge in [0.05, 0.1) is 21.5 Å². The van der Waals surface area contributed by atoms with Crippen LogP contribution in [-0.4, -0.2) is 22.9 Å². The first kappa shape index (κ1) is 17.1. The summed E-state index contributed by atoms with van der Waals surface area (Å²) in [5, 5.41) is 0. The van der Waals surface area contributed by atoms with Gasteiger partial charge in [-0.05, 0) is 34.8 Å². The highest BCUT2D eigenvalue weighted by Crippen LogP contribution is 2.45. The van der Waals surface area contributed by atoms with Crippen molar-refractivity contribution in [2.45, 2.75) is 25.1 Å². The highest BCUT2D eigenvalue weighted by molar-refractivity contribution is 9.10. The molecule has 4 nitrogen and oxygen atoms in total. The lowest BCUT2D eigenvalue weighted by atomic mass is 10.0. The molecule has 0 spiro atoms. The molecule has 0 amide bonds. The quantitative estimate of drug-likeness (QED) is 0.535. The number of benzene rings is 2. The zero-order valence-corrected chi connectivity index (χ0v) is 15.0. The van der Waals surface area contributed by atoms with Crippen LogP contribution in [0.4, 0.5) is 13.2 Å². The number of hydrogen-bond acceptors (Lipinski definition) is 3. The van der Waals surface area contributed by atoms with Crippen molar-refractivity contribution in [3.63, 3.8) is 0 Å². The molecule has 0 fully saturated rings. The number of fused-ring (bicyclic) bond motifs is 3. The lowest BCUT2D eigenvalue weighted by molar-refractivity contribution is -0.0506. The van der Waals surface area contributed by atoms with Crippen molar-refractivity contribution in [3.8, 4) is 5.75 Å². The molecule has 0 saturated carbocycles. The van der Waals surface area contributed by atoms with Crippen molar-refractivity contribution in [3.05, 3.63) is 58.1 Å². The van der Waals surface area contributed by atoms with E-state index in [1.54, 1.807) is 24.3 Å². The Morgan fingerprint density at radius 2 is 2.08 bits per heavy atom. The number of nitrogens with zero attached hydrogens (tertiary/aromatic N) is 3. The maximum Gasteiger partial charge on any atom is 0.387 e. The molecular formula is C18H13BrF3N3O. The van der Waals surface area contributed by atoms with Crippen LogP contribution in [0.15, 0.2) is 45.9 Å². The van der Waals surface area contributed by atoms with Crippen molar-refractivity contribution in [2.75, 3.05) is 0 Å². The fourth-order valence-corrected chi connectivity index (χ4v) is 3.81. The van der Waals surface area contributed by atoms with Gasteiger partial charge in [0.15, 0.2) is 0 Å². The van der Waals surface area contributed by atoms with Gasteiger partial charge >= 0.3 is 6.61 Å².